The van der Waals surface area contributed by atoms with Gasteiger partial charge in [0.1, 0.15) is 5.65 Å². The van der Waals surface area contributed by atoms with Crippen molar-refractivity contribution in [1.82, 2.24) is 24.5 Å². The second-order valence-electron chi connectivity index (χ2n) is 5.80. The number of nitrogens with zero attached hydrogens (tertiary/aromatic N) is 4. The number of hydrogen-bond donors (Lipinski definition) is 1. The summed E-state index contributed by atoms with van der Waals surface area (Å²) < 4.78 is 2.01. The number of nitrogens with one attached hydrogen (secondary N) is 1. The average Bonchev–Trinajstić information content (AvgIpc) is 2.87. The van der Waals surface area contributed by atoms with E-state index in [0.717, 1.165) is 50.6 Å². The monoisotopic (exact) mass is 335 g/mol. The van der Waals surface area contributed by atoms with Gasteiger partial charge in [0, 0.05) is 58.9 Å². The summed E-state index contributed by atoms with van der Waals surface area (Å²) in [4.78, 5) is 19.9. The topological polar surface area (TPSA) is 52.9 Å². The fraction of sp³-hybridized carbons (Fsp3) is 0.500. The van der Waals surface area contributed by atoms with Crippen LogP contribution in [0.2, 0.25) is 5.15 Å². The highest BCUT2D eigenvalue weighted by Gasteiger charge is 2.18. The number of amides is 1. The first-order valence-electron chi connectivity index (χ1n) is 7.95. The van der Waals surface area contributed by atoms with Gasteiger partial charge in [-0.3, -0.25) is 9.69 Å². The predicted molar refractivity (Wildman–Crippen MR) is 90.6 cm³/mol. The highest BCUT2D eigenvalue weighted by Crippen LogP contribution is 2.17. The summed E-state index contributed by atoms with van der Waals surface area (Å²) in [5.41, 5.74) is 1.86. The van der Waals surface area contributed by atoms with E-state index in [1.165, 1.54) is 0 Å². The Bertz CT molecular complexity index is 678. The Morgan fingerprint density at radius 1 is 1.30 bits per heavy atom. The summed E-state index contributed by atoms with van der Waals surface area (Å²) in [7, 11) is 0. The van der Waals surface area contributed by atoms with Gasteiger partial charge in [0.15, 0.2) is 5.15 Å². The fourth-order valence-corrected chi connectivity index (χ4v) is 3.15. The zero-order chi connectivity index (χ0) is 16.2. The molecule has 1 amide bonds. The number of hydrogen-bond acceptors (Lipinski definition) is 4. The van der Waals surface area contributed by atoms with E-state index in [9.17, 15) is 4.79 Å². The molecule has 0 spiro atoms. The molecule has 0 aromatic carbocycles. The van der Waals surface area contributed by atoms with Gasteiger partial charge < -0.3 is 14.6 Å². The Morgan fingerprint density at radius 3 is 2.83 bits per heavy atom. The first kappa shape index (κ1) is 16.2. The number of halogens is 1. The average molecular weight is 336 g/mol. The maximum atomic E-state index is 11.3. The number of rotatable bonds is 5. The van der Waals surface area contributed by atoms with Crippen LogP contribution in [0.25, 0.3) is 5.65 Å². The first-order chi connectivity index (χ1) is 11.1. The van der Waals surface area contributed by atoms with E-state index in [4.69, 9.17) is 11.6 Å². The van der Waals surface area contributed by atoms with Crippen molar-refractivity contribution in [2.75, 3.05) is 39.3 Å². The molecule has 1 fully saturated rings. The smallest absolute Gasteiger partial charge is 0.219 e. The molecule has 0 radical (unpaired) electrons. The third-order valence-corrected chi connectivity index (χ3v) is 4.60. The Kier molecular flexibility index (Phi) is 5.15. The summed E-state index contributed by atoms with van der Waals surface area (Å²) in [5.74, 6) is 0.171. The van der Waals surface area contributed by atoms with Crippen molar-refractivity contribution in [1.29, 1.82) is 0 Å². The van der Waals surface area contributed by atoms with Crippen LogP contribution in [-0.2, 0) is 11.3 Å². The van der Waals surface area contributed by atoms with Gasteiger partial charge in [-0.2, -0.15) is 0 Å². The van der Waals surface area contributed by atoms with Gasteiger partial charge in [-0.05, 0) is 12.1 Å². The lowest BCUT2D eigenvalue weighted by atomic mass is 10.3. The van der Waals surface area contributed by atoms with Crippen molar-refractivity contribution in [3.8, 4) is 0 Å². The van der Waals surface area contributed by atoms with E-state index in [2.05, 4.69) is 15.2 Å². The second kappa shape index (κ2) is 7.29. The van der Waals surface area contributed by atoms with Gasteiger partial charge in [-0.15, -0.1) is 0 Å². The molecule has 6 nitrogen and oxygen atoms in total. The van der Waals surface area contributed by atoms with Gasteiger partial charge in [0.05, 0.1) is 5.69 Å². The Balaban J connectivity index is 1.45. The van der Waals surface area contributed by atoms with Crippen LogP contribution in [0.5, 0.6) is 0 Å². The standard InChI is InChI=1S/C16H22ClN5O/c1-13(23)21-10-8-20(9-11-21)7-5-18-12-14-16(17)19-15-4-2-3-6-22(14)15/h2-4,6,18H,5,7-12H2,1H3. The van der Waals surface area contributed by atoms with Crippen LogP contribution >= 0.6 is 11.6 Å². The molecule has 3 heterocycles. The summed E-state index contributed by atoms with van der Waals surface area (Å²) >= 11 is 6.22. The zero-order valence-corrected chi connectivity index (χ0v) is 14.1. The lowest BCUT2D eigenvalue weighted by Crippen LogP contribution is -2.49. The number of piperazine rings is 1. The molecule has 1 saturated heterocycles. The molecule has 1 aliphatic heterocycles. The number of pyridine rings is 1. The molecule has 2 aromatic rings. The molecule has 3 rings (SSSR count). The second-order valence-corrected chi connectivity index (χ2v) is 6.16. The summed E-state index contributed by atoms with van der Waals surface area (Å²) in [6, 6.07) is 5.88. The Hall–Kier alpha value is -1.63. The van der Waals surface area contributed by atoms with Crippen molar-refractivity contribution < 1.29 is 4.79 Å². The molecular weight excluding hydrogens is 314 g/mol. The van der Waals surface area contributed by atoms with Crippen LogP contribution in [0.15, 0.2) is 24.4 Å². The number of fused-ring (bicyclic) bond motifs is 1. The van der Waals surface area contributed by atoms with Crippen LogP contribution in [0.4, 0.5) is 0 Å². The SMILES string of the molecule is CC(=O)N1CCN(CCNCc2c(Cl)nc3ccccn23)CC1. The molecule has 0 saturated carbocycles. The van der Waals surface area contributed by atoms with Crippen LogP contribution < -0.4 is 5.32 Å². The van der Waals surface area contributed by atoms with Crippen molar-refractivity contribution in [3.05, 3.63) is 35.2 Å². The Labute approximate surface area is 141 Å². The van der Waals surface area contributed by atoms with E-state index in [1.807, 2.05) is 33.7 Å². The van der Waals surface area contributed by atoms with Crippen LogP contribution in [0, 0.1) is 0 Å². The summed E-state index contributed by atoms with van der Waals surface area (Å²) in [6.07, 6.45) is 1.98. The molecule has 0 bridgehead atoms. The highest BCUT2D eigenvalue weighted by atomic mass is 35.5. The van der Waals surface area contributed by atoms with Crippen LogP contribution in [-0.4, -0.2) is 64.4 Å². The normalized spacial score (nSPS) is 16.2. The Morgan fingerprint density at radius 2 is 2.09 bits per heavy atom. The quantitative estimate of drug-likeness (QED) is 0.835. The van der Waals surface area contributed by atoms with Crippen molar-refractivity contribution >= 4 is 23.2 Å². The minimum Gasteiger partial charge on any atom is -0.340 e. The number of carbonyl (C=O) groups is 1. The lowest BCUT2D eigenvalue weighted by Gasteiger charge is -2.34. The molecule has 124 valence electrons. The van der Waals surface area contributed by atoms with Gasteiger partial charge in [0.25, 0.3) is 0 Å². The van der Waals surface area contributed by atoms with Gasteiger partial charge >= 0.3 is 0 Å². The maximum Gasteiger partial charge on any atom is 0.219 e. The summed E-state index contributed by atoms with van der Waals surface area (Å²) in [5, 5.41) is 3.99. The maximum absolute atomic E-state index is 11.3. The van der Waals surface area contributed by atoms with Gasteiger partial charge in [-0.1, -0.05) is 17.7 Å². The predicted octanol–water partition coefficient (Wildman–Crippen LogP) is 1.24. The molecule has 1 N–H and O–H groups in total. The van der Waals surface area contributed by atoms with Crippen molar-refractivity contribution in [2.45, 2.75) is 13.5 Å². The van der Waals surface area contributed by atoms with Crippen LogP contribution in [0.3, 0.4) is 0 Å². The molecule has 23 heavy (non-hydrogen) atoms. The first-order valence-corrected chi connectivity index (χ1v) is 8.33. The van der Waals surface area contributed by atoms with Crippen LogP contribution in [0.1, 0.15) is 12.6 Å². The van der Waals surface area contributed by atoms with E-state index < -0.39 is 0 Å². The van der Waals surface area contributed by atoms with E-state index >= 15 is 0 Å². The minimum atomic E-state index is 0.171. The third-order valence-electron chi connectivity index (χ3n) is 4.29. The van der Waals surface area contributed by atoms with E-state index in [-0.39, 0.29) is 5.91 Å². The van der Waals surface area contributed by atoms with Crippen molar-refractivity contribution in [3.63, 3.8) is 0 Å². The number of aromatic nitrogens is 2. The molecule has 7 heteroatoms. The van der Waals surface area contributed by atoms with Crippen molar-refractivity contribution in [2.24, 2.45) is 0 Å². The number of imidazole rings is 1. The van der Waals surface area contributed by atoms with E-state index in [1.54, 1.807) is 6.92 Å². The highest BCUT2D eigenvalue weighted by molar-refractivity contribution is 6.30. The number of carbonyl (C=O) groups excluding carboxylic acids is 1. The zero-order valence-electron chi connectivity index (χ0n) is 13.3. The largest absolute Gasteiger partial charge is 0.340 e. The molecule has 0 aliphatic carbocycles. The summed E-state index contributed by atoms with van der Waals surface area (Å²) in [6.45, 7) is 7.73. The lowest BCUT2D eigenvalue weighted by molar-refractivity contribution is -0.130. The van der Waals surface area contributed by atoms with Gasteiger partial charge in [-0.25, -0.2) is 4.98 Å². The minimum absolute atomic E-state index is 0.171. The fourth-order valence-electron chi connectivity index (χ4n) is 2.91. The molecule has 2 aromatic heterocycles. The molecular formula is C16H22ClN5O. The molecule has 0 atom stereocenters. The molecule has 0 unspecified atom stereocenters. The third kappa shape index (κ3) is 3.83. The molecule has 1 aliphatic rings. The van der Waals surface area contributed by atoms with E-state index in [0.29, 0.717) is 11.7 Å². The van der Waals surface area contributed by atoms with Gasteiger partial charge in [0.2, 0.25) is 5.91 Å².